The number of rotatable bonds is 6. The Bertz CT molecular complexity index is 933. The highest BCUT2D eigenvalue weighted by molar-refractivity contribution is 5.89. The van der Waals surface area contributed by atoms with Gasteiger partial charge in [-0.2, -0.15) is 0 Å². The van der Waals surface area contributed by atoms with Gasteiger partial charge in [0.2, 0.25) is 0 Å². The van der Waals surface area contributed by atoms with Crippen molar-refractivity contribution in [1.29, 1.82) is 0 Å². The summed E-state index contributed by atoms with van der Waals surface area (Å²) in [5, 5.41) is 7.03. The summed E-state index contributed by atoms with van der Waals surface area (Å²) < 4.78 is 7.31. The molecule has 0 bridgehead atoms. The Morgan fingerprint density at radius 3 is 2.70 bits per heavy atom. The number of carbonyl (C=O) groups excluding carboxylic acids is 1. The zero-order chi connectivity index (χ0) is 19.4. The molecule has 2 N–H and O–H groups in total. The summed E-state index contributed by atoms with van der Waals surface area (Å²) in [4.78, 5) is 14.5. The summed E-state index contributed by atoms with van der Waals surface area (Å²) in [6.07, 6.45) is 2.14. The molecule has 0 aliphatic carbocycles. The third kappa shape index (κ3) is 4.23. The molecule has 0 aliphatic rings. The Balaban J connectivity index is 1.72. The lowest BCUT2D eigenvalue weighted by molar-refractivity contribution is 0.243. The highest BCUT2D eigenvalue weighted by Gasteiger charge is 2.20. The maximum atomic E-state index is 12.4. The molecule has 6 heteroatoms. The Morgan fingerprint density at radius 1 is 1.19 bits per heavy atom. The molecule has 1 atom stereocenters. The van der Waals surface area contributed by atoms with Gasteiger partial charge in [0.05, 0.1) is 13.2 Å². The van der Waals surface area contributed by atoms with E-state index in [1.807, 2.05) is 51.5 Å². The van der Waals surface area contributed by atoms with E-state index in [4.69, 9.17) is 4.74 Å². The molecule has 0 aliphatic heterocycles. The van der Waals surface area contributed by atoms with Crippen molar-refractivity contribution in [3.8, 4) is 5.75 Å². The summed E-state index contributed by atoms with van der Waals surface area (Å²) >= 11 is 0. The number of methoxy groups -OCH3 is 1. The predicted molar refractivity (Wildman–Crippen MR) is 109 cm³/mol. The predicted octanol–water partition coefficient (Wildman–Crippen LogP) is 3.61. The molecule has 1 unspecified atom stereocenters. The zero-order valence-corrected chi connectivity index (χ0v) is 16.2. The molecule has 3 rings (SSSR count). The number of fused-ring (bicyclic) bond motifs is 1. The van der Waals surface area contributed by atoms with Crippen LogP contribution in [0.4, 0.5) is 10.5 Å². The molecule has 142 valence electrons. The lowest BCUT2D eigenvalue weighted by Gasteiger charge is -2.24. The number of aromatic nitrogens is 1. The van der Waals surface area contributed by atoms with E-state index < -0.39 is 0 Å². The quantitative estimate of drug-likeness (QED) is 0.701. The molecule has 27 heavy (non-hydrogen) atoms. The molecule has 1 heterocycles. The molecule has 0 saturated carbocycles. The van der Waals surface area contributed by atoms with Gasteiger partial charge in [0.15, 0.2) is 0 Å². The number of urea groups is 1. The number of benzene rings is 2. The molecule has 0 radical (unpaired) electrons. The first kappa shape index (κ1) is 18.8. The van der Waals surface area contributed by atoms with E-state index in [1.54, 1.807) is 13.2 Å². The van der Waals surface area contributed by atoms with Crippen molar-refractivity contribution in [1.82, 2.24) is 14.8 Å². The number of carbonyl (C=O) groups is 1. The van der Waals surface area contributed by atoms with Gasteiger partial charge in [0, 0.05) is 42.4 Å². The van der Waals surface area contributed by atoms with E-state index in [-0.39, 0.29) is 12.1 Å². The van der Waals surface area contributed by atoms with Crippen molar-refractivity contribution in [2.24, 2.45) is 7.05 Å². The van der Waals surface area contributed by atoms with Crippen LogP contribution in [0.3, 0.4) is 0 Å². The van der Waals surface area contributed by atoms with Crippen molar-refractivity contribution in [3.63, 3.8) is 0 Å². The van der Waals surface area contributed by atoms with Gasteiger partial charge in [0.25, 0.3) is 0 Å². The smallest absolute Gasteiger partial charge is 0.319 e. The van der Waals surface area contributed by atoms with Crippen molar-refractivity contribution in [2.75, 3.05) is 33.1 Å². The van der Waals surface area contributed by atoms with Gasteiger partial charge in [-0.25, -0.2) is 4.79 Å². The number of hydrogen-bond acceptors (Lipinski definition) is 3. The number of nitrogens with one attached hydrogen (secondary N) is 2. The Hall–Kier alpha value is -2.99. The van der Waals surface area contributed by atoms with Crippen LogP contribution in [-0.2, 0) is 7.05 Å². The lowest BCUT2D eigenvalue weighted by atomic mass is 10.0. The van der Waals surface area contributed by atoms with E-state index >= 15 is 0 Å². The molecule has 1 aromatic heterocycles. The lowest BCUT2D eigenvalue weighted by Crippen LogP contribution is -2.36. The molecule has 0 fully saturated rings. The maximum absolute atomic E-state index is 12.4. The summed E-state index contributed by atoms with van der Waals surface area (Å²) in [6.45, 7) is 0.497. The van der Waals surface area contributed by atoms with Gasteiger partial charge in [0.1, 0.15) is 5.75 Å². The first-order chi connectivity index (χ1) is 13.0. The second-order valence-electron chi connectivity index (χ2n) is 6.76. The average Bonchev–Trinajstić information content (AvgIpc) is 2.99. The van der Waals surface area contributed by atoms with Crippen LogP contribution in [0.15, 0.2) is 54.7 Å². The van der Waals surface area contributed by atoms with Crippen LogP contribution < -0.4 is 15.4 Å². The molecular formula is C21H26N4O2. The summed E-state index contributed by atoms with van der Waals surface area (Å²) in [5.41, 5.74) is 3.07. The number of likely N-dealkylation sites (N-methyl/N-ethyl adjacent to an activating group) is 1. The van der Waals surface area contributed by atoms with Crippen LogP contribution in [0.5, 0.6) is 5.75 Å². The van der Waals surface area contributed by atoms with Crippen LogP contribution in [0.2, 0.25) is 0 Å². The normalized spacial score (nSPS) is 12.2. The van der Waals surface area contributed by atoms with Crippen LogP contribution in [0.25, 0.3) is 10.9 Å². The molecule has 0 saturated heterocycles. The number of ether oxygens (including phenoxy) is 1. The monoisotopic (exact) mass is 366 g/mol. The van der Waals surface area contributed by atoms with Gasteiger partial charge < -0.3 is 24.8 Å². The van der Waals surface area contributed by atoms with E-state index in [1.165, 1.54) is 16.5 Å². The van der Waals surface area contributed by atoms with Crippen LogP contribution in [0, 0.1) is 0 Å². The Labute approximate surface area is 159 Å². The van der Waals surface area contributed by atoms with Crippen molar-refractivity contribution in [3.05, 3.63) is 60.3 Å². The summed E-state index contributed by atoms with van der Waals surface area (Å²) in [5.74, 6) is 0.703. The zero-order valence-electron chi connectivity index (χ0n) is 16.2. The number of hydrogen-bond donors (Lipinski definition) is 2. The minimum atomic E-state index is -0.240. The minimum Gasteiger partial charge on any atom is -0.497 e. The van der Waals surface area contributed by atoms with Crippen LogP contribution in [0.1, 0.15) is 11.6 Å². The fourth-order valence-electron chi connectivity index (χ4n) is 3.27. The van der Waals surface area contributed by atoms with E-state index in [0.29, 0.717) is 18.0 Å². The second kappa shape index (κ2) is 8.14. The number of anilines is 1. The topological polar surface area (TPSA) is 58.5 Å². The third-order valence-corrected chi connectivity index (χ3v) is 4.69. The number of para-hydroxylation sites is 1. The number of aryl methyl sites for hydroxylation is 1. The van der Waals surface area contributed by atoms with Crippen LogP contribution >= 0.6 is 0 Å². The molecule has 2 amide bonds. The number of nitrogens with zero attached hydrogens (tertiary/aromatic N) is 2. The van der Waals surface area contributed by atoms with Gasteiger partial charge in [-0.1, -0.05) is 24.3 Å². The summed E-state index contributed by atoms with van der Waals surface area (Å²) in [6, 6.07) is 15.4. The van der Waals surface area contributed by atoms with Crippen molar-refractivity contribution in [2.45, 2.75) is 6.04 Å². The van der Waals surface area contributed by atoms with E-state index in [9.17, 15) is 4.79 Å². The highest BCUT2D eigenvalue weighted by Crippen LogP contribution is 2.28. The van der Waals surface area contributed by atoms with E-state index in [0.717, 1.165) is 0 Å². The standard InChI is InChI=1S/C21H26N4O2/c1-24(2)20(18-14-25(3)19-11-6-5-10-17(18)19)13-22-21(26)23-15-8-7-9-16(12-15)27-4/h5-12,14,20H,13H2,1-4H3,(H2,22,23,26). The fourth-order valence-corrected chi connectivity index (χ4v) is 3.27. The van der Waals surface area contributed by atoms with Crippen molar-refractivity contribution < 1.29 is 9.53 Å². The first-order valence-corrected chi connectivity index (χ1v) is 8.89. The Kier molecular flexibility index (Phi) is 5.66. The molecule has 0 spiro atoms. The van der Waals surface area contributed by atoms with E-state index in [2.05, 4.69) is 38.4 Å². The summed E-state index contributed by atoms with van der Waals surface area (Å²) in [7, 11) is 7.69. The highest BCUT2D eigenvalue weighted by atomic mass is 16.5. The van der Waals surface area contributed by atoms with Gasteiger partial charge >= 0.3 is 6.03 Å². The average molecular weight is 366 g/mol. The first-order valence-electron chi connectivity index (χ1n) is 8.89. The third-order valence-electron chi connectivity index (χ3n) is 4.69. The van der Waals surface area contributed by atoms with Gasteiger partial charge in [-0.05, 0) is 37.9 Å². The molecular weight excluding hydrogens is 340 g/mol. The van der Waals surface area contributed by atoms with Gasteiger partial charge in [-0.15, -0.1) is 0 Å². The maximum Gasteiger partial charge on any atom is 0.319 e. The second-order valence-corrected chi connectivity index (χ2v) is 6.76. The minimum absolute atomic E-state index is 0.0622. The number of amides is 2. The molecule has 6 nitrogen and oxygen atoms in total. The fraction of sp³-hybridized carbons (Fsp3) is 0.286. The molecule has 2 aromatic carbocycles. The Morgan fingerprint density at radius 2 is 1.96 bits per heavy atom. The van der Waals surface area contributed by atoms with Crippen LogP contribution in [-0.4, -0.2) is 43.2 Å². The molecule has 3 aromatic rings. The van der Waals surface area contributed by atoms with Gasteiger partial charge in [-0.3, -0.25) is 0 Å². The van der Waals surface area contributed by atoms with Crippen molar-refractivity contribution >= 4 is 22.6 Å². The SMILES string of the molecule is COc1cccc(NC(=O)NCC(c2cn(C)c3ccccc23)N(C)C)c1. The largest absolute Gasteiger partial charge is 0.497 e.